The number of hydrogen-bond donors (Lipinski definition) is 2. The van der Waals surface area contributed by atoms with Gasteiger partial charge in [-0.15, -0.1) is 11.3 Å². The van der Waals surface area contributed by atoms with Crippen LogP contribution in [0.1, 0.15) is 47.3 Å². The van der Waals surface area contributed by atoms with E-state index in [4.69, 9.17) is 4.74 Å². The van der Waals surface area contributed by atoms with Gasteiger partial charge in [0.2, 0.25) is 0 Å². The molecule has 180 valence electrons. The smallest absolute Gasteiger partial charge is 0.413 e. The Kier molecular flexibility index (Phi) is 6.02. The fourth-order valence-corrected chi connectivity index (χ4v) is 5.57. The van der Waals surface area contributed by atoms with Gasteiger partial charge in [0.25, 0.3) is 5.91 Å². The minimum atomic E-state index is -0.966. The monoisotopic (exact) mass is 491 g/mol. The molecule has 1 aromatic heterocycles. The lowest BCUT2D eigenvalue weighted by molar-refractivity contribution is -0.150. The van der Waals surface area contributed by atoms with Crippen molar-refractivity contribution in [2.45, 2.75) is 25.7 Å². The third kappa shape index (κ3) is 4.39. The number of nitrogens with one attached hydrogen (secondary N) is 1. The second-order valence-corrected chi connectivity index (χ2v) is 10.0. The number of fused-ring (bicyclic) bond motifs is 3. The number of amides is 2. The summed E-state index contributed by atoms with van der Waals surface area (Å²) in [5.74, 6) is -1.30. The zero-order valence-electron chi connectivity index (χ0n) is 19.2. The third-order valence-corrected chi connectivity index (χ3v) is 7.53. The van der Waals surface area contributed by atoms with Crippen LogP contribution in [0.4, 0.5) is 9.93 Å². The maximum atomic E-state index is 12.9. The molecule has 0 spiro atoms. The van der Waals surface area contributed by atoms with E-state index in [-0.39, 0.29) is 35.8 Å². The lowest BCUT2D eigenvalue weighted by Crippen LogP contribution is -2.48. The zero-order chi connectivity index (χ0) is 24.6. The second kappa shape index (κ2) is 9.14. The van der Waals surface area contributed by atoms with Crippen LogP contribution in [0.25, 0.3) is 11.1 Å². The Balaban J connectivity index is 1.21. The van der Waals surface area contributed by atoms with Crippen molar-refractivity contribution in [1.82, 2.24) is 9.88 Å². The highest BCUT2D eigenvalue weighted by atomic mass is 32.1. The molecule has 2 aromatic carbocycles. The molecule has 2 heterocycles. The van der Waals surface area contributed by atoms with Gasteiger partial charge in [0, 0.05) is 24.4 Å². The van der Waals surface area contributed by atoms with Crippen molar-refractivity contribution in [2.24, 2.45) is 5.41 Å². The molecule has 1 unspecified atom stereocenters. The SMILES string of the molecule is CC1(C(=O)O)CCCN(C(=O)c2csc(NC(=O)OCC3c4ccccc4-c4ccccc43)n2)C1. The van der Waals surface area contributed by atoms with Crippen molar-refractivity contribution in [1.29, 1.82) is 0 Å². The number of ether oxygens (including phenoxy) is 1. The first-order valence-corrected chi connectivity index (χ1v) is 12.3. The number of anilines is 1. The van der Waals surface area contributed by atoms with Gasteiger partial charge in [0.1, 0.15) is 12.3 Å². The molecule has 1 aliphatic carbocycles. The van der Waals surface area contributed by atoms with E-state index in [0.717, 1.165) is 33.6 Å². The summed E-state index contributed by atoms with van der Waals surface area (Å²) in [5.41, 5.74) is 3.76. The van der Waals surface area contributed by atoms with E-state index in [9.17, 15) is 19.5 Å². The van der Waals surface area contributed by atoms with Crippen LogP contribution >= 0.6 is 11.3 Å². The zero-order valence-corrected chi connectivity index (χ0v) is 20.0. The largest absolute Gasteiger partial charge is 0.481 e. The van der Waals surface area contributed by atoms with Crippen LogP contribution in [0.2, 0.25) is 0 Å². The predicted octanol–water partition coefficient (Wildman–Crippen LogP) is 4.83. The molecule has 0 radical (unpaired) electrons. The maximum Gasteiger partial charge on any atom is 0.413 e. The number of aliphatic carboxylic acids is 1. The van der Waals surface area contributed by atoms with Gasteiger partial charge in [-0.2, -0.15) is 0 Å². The second-order valence-electron chi connectivity index (χ2n) is 9.18. The first-order chi connectivity index (χ1) is 16.9. The van der Waals surface area contributed by atoms with E-state index >= 15 is 0 Å². The molecule has 2 N–H and O–H groups in total. The van der Waals surface area contributed by atoms with Crippen LogP contribution in [-0.4, -0.2) is 52.7 Å². The lowest BCUT2D eigenvalue weighted by atomic mass is 9.82. The number of piperidine rings is 1. The molecule has 35 heavy (non-hydrogen) atoms. The van der Waals surface area contributed by atoms with Gasteiger partial charge in [-0.05, 0) is 42.0 Å². The van der Waals surface area contributed by atoms with Gasteiger partial charge in [-0.1, -0.05) is 48.5 Å². The number of hydrogen-bond acceptors (Lipinski definition) is 6. The van der Waals surface area contributed by atoms with Crippen molar-refractivity contribution in [2.75, 3.05) is 25.0 Å². The Labute approximate surface area is 206 Å². The number of carbonyl (C=O) groups is 3. The number of carboxylic acid groups (broad SMARTS) is 1. The summed E-state index contributed by atoms with van der Waals surface area (Å²) in [6.07, 6.45) is 0.498. The molecule has 9 heteroatoms. The molecular formula is C26H25N3O5S. The van der Waals surface area contributed by atoms with Crippen LogP contribution < -0.4 is 5.32 Å². The summed E-state index contributed by atoms with van der Waals surface area (Å²) < 4.78 is 5.54. The average Bonchev–Trinajstić information content (AvgIpc) is 3.45. The van der Waals surface area contributed by atoms with E-state index in [1.165, 1.54) is 4.90 Å². The molecular weight excluding hydrogens is 466 g/mol. The topological polar surface area (TPSA) is 109 Å². The number of aromatic nitrogens is 1. The number of likely N-dealkylation sites (tertiary alicyclic amines) is 1. The van der Waals surface area contributed by atoms with Crippen LogP contribution in [0.3, 0.4) is 0 Å². The predicted molar refractivity (Wildman–Crippen MR) is 132 cm³/mol. The van der Waals surface area contributed by atoms with E-state index in [2.05, 4.69) is 34.6 Å². The number of thiazole rings is 1. The third-order valence-electron chi connectivity index (χ3n) is 6.78. The molecule has 5 rings (SSSR count). The maximum absolute atomic E-state index is 12.9. The van der Waals surface area contributed by atoms with Crippen molar-refractivity contribution in [3.8, 4) is 11.1 Å². The molecule has 0 bridgehead atoms. The minimum Gasteiger partial charge on any atom is -0.481 e. The van der Waals surface area contributed by atoms with Crippen molar-refractivity contribution in [3.05, 3.63) is 70.7 Å². The normalized spacial score (nSPS) is 19.1. The number of rotatable bonds is 5. The summed E-state index contributed by atoms with van der Waals surface area (Å²) in [5, 5.41) is 13.9. The molecule has 0 saturated carbocycles. The van der Waals surface area contributed by atoms with Crippen LogP contribution in [0.15, 0.2) is 53.9 Å². The number of nitrogens with zero attached hydrogens (tertiary/aromatic N) is 2. The van der Waals surface area contributed by atoms with E-state index in [1.54, 1.807) is 12.3 Å². The van der Waals surface area contributed by atoms with Gasteiger partial charge in [-0.3, -0.25) is 14.9 Å². The first kappa shape index (κ1) is 23.0. The highest BCUT2D eigenvalue weighted by Gasteiger charge is 2.40. The molecule has 1 aliphatic heterocycles. The Morgan fingerprint density at radius 1 is 1.14 bits per heavy atom. The molecule has 1 fully saturated rings. The lowest BCUT2D eigenvalue weighted by Gasteiger charge is -2.37. The highest BCUT2D eigenvalue weighted by molar-refractivity contribution is 7.14. The molecule has 2 amide bonds. The van der Waals surface area contributed by atoms with Crippen LogP contribution in [0, 0.1) is 5.41 Å². The summed E-state index contributed by atoms with van der Waals surface area (Å²) in [7, 11) is 0. The van der Waals surface area contributed by atoms with Crippen LogP contribution in [-0.2, 0) is 9.53 Å². The van der Waals surface area contributed by atoms with Gasteiger partial charge >= 0.3 is 12.1 Å². The number of benzene rings is 2. The Hall–Kier alpha value is -3.72. The van der Waals surface area contributed by atoms with Gasteiger partial charge in [-0.25, -0.2) is 9.78 Å². The van der Waals surface area contributed by atoms with E-state index < -0.39 is 17.5 Å². The Bertz CT molecular complexity index is 1260. The first-order valence-electron chi connectivity index (χ1n) is 11.5. The van der Waals surface area contributed by atoms with Crippen molar-refractivity contribution >= 4 is 34.4 Å². The standard InChI is InChI=1S/C26H25N3O5S/c1-26(23(31)32)11-6-12-29(15-26)22(30)21-14-35-24(27-21)28-25(33)34-13-20-18-9-4-2-7-16(18)17-8-3-5-10-19(17)20/h2-5,7-10,14,20H,6,11-13,15H2,1H3,(H,31,32)(H,27,28,33). The fourth-order valence-electron chi connectivity index (χ4n) is 4.90. The molecule has 8 nitrogen and oxygen atoms in total. The summed E-state index contributed by atoms with van der Waals surface area (Å²) in [4.78, 5) is 42.7. The Morgan fingerprint density at radius 2 is 1.80 bits per heavy atom. The number of carboxylic acids is 1. The van der Waals surface area contributed by atoms with Gasteiger partial charge in [0.05, 0.1) is 5.41 Å². The van der Waals surface area contributed by atoms with Gasteiger partial charge < -0.3 is 14.7 Å². The molecule has 2 aliphatic rings. The van der Waals surface area contributed by atoms with E-state index in [0.29, 0.717) is 19.4 Å². The van der Waals surface area contributed by atoms with Gasteiger partial charge in [0.15, 0.2) is 5.13 Å². The molecule has 1 atom stereocenters. The van der Waals surface area contributed by atoms with Crippen molar-refractivity contribution in [3.63, 3.8) is 0 Å². The number of carbonyl (C=O) groups excluding carboxylic acids is 2. The van der Waals surface area contributed by atoms with Crippen LogP contribution in [0.5, 0.6) is 0 Å². The summed E-state index contributed by atoms with van der Waals surface area (Å²) in [6.45, 7) is 2.45. The molecule has 3 aromatic rings. The Morgan fingerprint density at radius 3 is 2.46 bits per heavy atom. The van der Waals surface area contributed by atoms with Crippen molar-refractivity contribution < 1.29 is 24.2 Å². The summed E-state index contributed by atoms with van der Waals surface area (Å²) in [6, 6.07) is 16.2. The minimum absolute atomic E-state index is 0.0516. The quantitative estimate of drug-likeness (QED) is 0.529. The summed E-state index contributed by atoms with van der Waals surface area (Å²) >= 11 is 1.12. The fraction of sp³-hybridized carbons (Fsp3) is 0.308. The highest BCUT2D eigenvalue weighted by Crippen LogP contribution is 2.44. The molecule has 1 saturated heterocycles. The van der Waals surface area contributed by atoms with E-state index in [1.807, 2.05) is 24.3 Å². The average molecular weight is 492 g/mol.